The minimum atomic E-state index is -0.553. The highest BCUT2D eigenvalue weighted by atomic mass is 127. The first-order valence-electron chi connectivity index (χ1n) is 4.21. The predicted molar refractivity (Wildman–Crippen MR) is 63.7 cm³/mol. The molecule has 2 rings (SSSR count). The van der Waals surface area contributed by atoms with Crippen molar-refractivity contribution in [2.75, 3.05) is 0 Å². The second-order valence-corrected chi connectivity index (χ2v) is 4.14. The number of hydroxylamine groups is 1. The Kier molecular flexibility index (Phi) is 2.83. The van der Waals surface area contributed by atoms with E-state index in [1.165, 1.54) is 6.20 Å². The molecule has 0 atom stereocenters. The summed E-state index contributed by atoms with van der Waals surface area (Å²) in [6.45, 7) is 0. The molecule has 1 heterocycles. The number of aromatic nitrogens is 1. The van der Waals surface area contributed by atoms with Crippen LogP contribution in [0.2, 0.25) is 0 Å². The molecular weight excluding hydrogens is 307 g/mol. The number of carbonyl (C=O) groups excluding carboxylic acids is 1. The molecule has 4 nitrogen and oxygen atoms in total. The summed E-state index contributed by atoms with van der Waals surface area (Å²) in [5, 5.41) is 9.36. The number of halogens is 1. The second-order valence-electron chi connectivity index (χ2n) is 2.98. The SMILES string of the molecule is O=C(NO)c1cnc2c(I)cccc2c1. The summed E-state index contributed by atoms with van der Waals surface area (Å²) < 4.78 is 1.03. The molecule has 1 aromatic carbocycles. The number of benzene rings is 1. The second kappa shape index (κ2) is 4.11. The summed E-state index contributed by atoms with van der Waals surface area (Å²) in [5.74, 6) is -0.553. The van der Waals surface area contributed by atoms with Crippen molar-refractivity contribution < 1.29 is 10.0 Å². The van der Waals surface area contributed by atoms with Gasteiger partial charge in [0.05, 0.1) is 11.1 Å². The number of fused-ring (bicyclic) bond motifs is 1. The Morgan fingerprint density at radius 3 is 3.00 bits per heavy atom. The van der Waals surface area contributed by atoms with Crippen LogP contribution >= 0.6 is 22.6 Å². The van der Waals surface area contributed by atoms with Gasteiger partial charge in [0.1, 0.15) is 0 Å². The van der Waals surface area contributed by atoms with Gasteiger partial charge in [0.15, 0.2) is 0 Å². The predicted octanol–water partition coefficient (Wildman–Crippen LogP) is 1.96. The Hall–Kier alpha value is -1.21. The number of carbonyl (C=O) groups is 1. The van der Waals surface area contributed by atoms with Crippen LogP contribution in [0.15, 0.2) is 30.5 Å². The molecule has 0 radical (unpaired) electrons. The van der Waals surface area contributed by atoms with E-state index in [4.69, 9.17) is 5.21 Å². The van der Waals surface area contributed by atoms with Crippen molar-refractivity contribution in [3.63, 3.8) is 0 Å². The normalized spacial score (nSPS) is 10.3. The van der Waals surface area contributed by atoms with E-state index in [9.17, 15) is 4.79 Å². The quantitative estimate of drug-likeness (QED) is 0.480. The van der Waals surface area contributed by atoms with Crippen LogP contribution in [0.1, 0.15) is 10.4 Å². The fraction of sp³-hybridized carbons (Fsp3) is 0. The Bertz CT molecular complexity index is 528. The number of pyridine rings is 1. The Morgan fingerprint density at radius 1 is 1.47 bits per heavy atom. The molecule has 0 aliphatic rings. The topological polar surface area (TPSA) is 62.2 Å². The minimum absolute atomic E-state index is 0.340. The molecule has 0 aliphatic carbocycles. The molecule has 15 heavy (non-hydrogen) atoms. The molecule has 1 aromatic heterocycles. The number of para-hydroxylation sites is 1. The molecule has 76 valence electrons. The van der Waals surface area contributed by atoms with Gasteiger partial charge in [-0.2, -0.15) is 0 Å². The third-order valence-electron chi connectivity index (χ3n) is 2.03. The van der Waals surface area contributed by atoms with Crippen LogP contribution in [0.5, 0.6) is 0 Å². The maximum absolute atomic E-state index is 11.1. The van der Waals surface area contributed by atoms with Crippen molar-refractivity contribution >= 4 is 39.4 Å². The zero-order chi connectivity index (χ0) is 10.8. The monoisotopic (exact) mass is 314 g/mol. The summed E-state index contributed by atoms with van der Waals surface area (Å²) in [6.07, 6.45) is 1.44. The van der Waals surface area contributed by atoms with Gasteiger partial charge in [-0.1, -0.05) is 12.1 Å². The van der Waals surface area contributed by atoms with Crippen LogP contribution in [0.25, 0.3) is 10.9 Å². The number of nitrogens with zero attached hydrogens (tertiary/aromatic N) is 1. The van der Waals surface area contributed by atoms with Crippen LogP contribution < -0.4 is 5.48 Å². The number of nitrogens with one attached hydrogen (secondary N) is 1. The van der Waals surface area contributed by atoms with Crippen molar-refractivity contribution in [1.82, 2.24) is 10.5 Å². The number of amides is 1. The van der Waals surface area contributed by atoms with Crippen molar-refractivity contribution in [3.05, 3.63) is 39.6 Å². The lowest BCUT2D eigenvalue weighted by Crippen LogP contribution is -2.18. The lowest BCUT2D eigenvalue weighted by molar-refractivity contribution is 0.0706. The third-order valence-corrected chi connectivity index (χ3v) is 2.90. The number of hydrogen-bond acceptors (Lipinski definition) is 3. The van der Waals surface area contributed by atoms with Gasteiger partial charge in [-0.3, -0.25) is 15.0 Å². The summed E-state index contributed by atoms with van der Waals surface area (Å²) in [4.78, 5) is 15.3. The lowest BCUT2D eigenvalue weighted by Gasteiger charge is -2.02. The first kappa shape index (κ1) is 10.3. The summed E-state index contributed by atoms with van der Waals surface area (Å²) in [6, 6.07) is 7.41. The van der Waals surface area contributed by atoms with E-state index < -0.39 is 5.91 Å². The molecule has 0 spiro atoms. The van der Waals surface area contributed by atoms with E-state index in [0.717, 1.165) is 14.5 Å². The van der Waals surface area contributed by atoms with Gasteiger partial charge in [0.25, 0.3) is 5.91 Å². The van der Waals surface area contributed by atoms with Crippen molar-refractivity contribution in [2.24, 2.45) is 0 Å². The molecule has 0 aliphatic heterocycles. The summed E-state index contributed by atoms with van der Waals surface area (Å²) >= 11 is 2.18. The highest BCUT2D eigenvalue weighted by molar-refractivity contribution is 14.1. The molecule has 5 heteroatoms. The standard InChI is InChI=1S/C10H7IN2O2/c11-8-3-1-2-6-4-7(10(14)13-15)5-12-9(6)8/h1-5,15H,(H,13,14). The fourth-order valence-electron chi connectivity index (χ4n) is 1.31. The third kappa shape index (κ3) is 1.93. The van der Waals surface area contributed by atoms with Gasteiger partial charge < -0.3 is 0 Å². The maximum atomic E-state index is 11.1. The van der Waals surface area contributed by atoms with Gasteiger partial charge >= 0.3 is 0 Å². The highest BCUT2D eigenvalue weighted by Crippen LogP contribution is 2.18. The molecule has 0 fully saturated rings. The minimum Gasteiger partial charge on any atom is -0.288 e. The van der Waals surface area contributed by atoms with E-state index in [1.54, 1.807) is 11.5 Å². The van der Waals surface area contributed by atoms with Crippen LogP contribution in [0.4, 0.5) is 0 Å². The smallest absolute Gasteiger partial charge is 0.276 e. The molecule has 0 bridgehead atoms. The first-order valence-corrected chi connectivity index (χ1v) is 5.29. The van der Waals surface area contributed by atoms with E-state index in [0.29, 0.717) is 5.56 Å². The van der Waals surface area contributed by atoms with Crippen molar-refractivity contribution in [2.45, 2.75) is 0 Å². The number of hydrogen-bond donors (Lipinski definition) is 2. The molecular formula is C10H7IN2O2. The summed E-state index contributed by atoms with van der Waals surface area (Å²) in [7, 11) is 0. The highest BCUT2D eigenvalue weighted by Gasteiger charge is 2.06. The van der Waals surface area contributed by atoms with Gasteiger partial charge in [-0.25, -0.2) is 5.48 Å². The van der Waals surface area contributed by atoms with Crippen LogP contribution in [0.3, 0.4) is 0 Å². The van der Waals surface area contributed by atoms with E-state index >= 15 is 0 Å². The lowest BCUT2D eigenvalue weighted by atomic mass is 10.1. The molecule has 0 saturated carbocycles. The fourth-order valence-corrected chi connectivity index (χ4v) is 1.97. The van der Waals surface area contributed by atoms with Crippen LogP contribution in [-0.2, 0) is 0 Å². The largest absolute Gasteiger partial charge is 0.288 e. The Balaban J connectivity index is 2.62. The Morgan fingerprint density at radius 2 is 2.27 bits per heavy atom. The average Bonchev–Trinajstić information content (AvgIpc) is 2.28. The Labute approximate surface area is 99.4 Å². The first-order chi connectivity index (χ1) is 7.22. The van der Waals surface area contributed by atoms with Crippen LogP contribution in [-0.4, -0.2) is 16.1 Å². The molecule has 2 aromatic rings. The van der Waals surface area contributed by atoms with Crippen molar-refractivity contribution in [3.8, 4) is 0 Å². The molecule has 2 N–H and O–H groups in total. The zero-order valence-electron chi connectivity index (χ0n) is 7.57. The van der Waals surface area contributed by atoms with Gasteiger partial charge in [0.2, 0.25) is 0 Å². The summed E-state index contributed by atoms with van der Waals surface area (Å²) in [5.41, 5.74) is 2.77. The van der Waals surface area contributed by atoms with Gasteiger partial charge in [-0.15, -0.1) is 0 Å². The maximum Gasteiger partial charge on any atom is 0.276 e. The van der Waals surface area contributed by atoms with Crippen LogP contribution in [0, 0.1) is 3.57 Å². The molecule has 0 saturated heterocycles. The zero-order valence-corrected chi connectivity index (χ0v) is 9.72. The van der Waals surface area contributed by atoms with Gasteiger partial charge in [-0.05, 0) is 34.7 Å². The number of rotatable bonds is 1. The molecule has 0 unspecified atom stereocenters. The molecule has 1 amide bonds. The van der Waals surface area contributed by atoms with E-state index in [2.05, 4.69) is 27.6 Å². The average molecular weight is 314 g/mol. The van der Waals surface area contributed by atoms with Crippen molar-refractivity contribution in [1.29, 1.82) is 0 Å². The van der Waals surface area contributed by atoms with E-state index in [1.807, 2.05) is 18.2 Å². The van der Waals surface area contributed by atoms with Gasteiger partial charge in [0, 0.05) is 15.2 Å². The van der Waals surface area contributed by atoms with E-state index in [-0.39, 0.29) is 0 Å².